The quantitative estimate of drug-likeness (QED) is 0.837. The Labute approximate surface area is 149 Å². The summed E-state index contributed by atoms with van der Waals surface area (Å²) in [6.45, 7) is 5.02. The summed E-state index contributed by atoms with van der Waals surface area (Å²) in [5.41, 5.74) is 1.75. The Kier molecular flexibility index (Phi) is 4.75. The number of carbonyl (C=O) groups excluding carboxylic acids is 1. The summed E-state index contributed by atoms with van der Waals surface area (Å²) in [5, 5.41) is 11.0. The number of hydrogen-bond donors (Lipinski definition) is 0. The lowest BCUT2D eigenvalue weighted by atomic mass is 9.99. The first kappa shape index (κ1) is 18.4. The van der Waals surface area contributed by atoms with Gasteiger partial charge in [-0.2, -0.15) is 13.2 Å². The molecule has 0 saturated carbocycles. The van der Waals surface area contributed by atoms with Gasteiger partial charge in [-0.25, -0.2) is 0 Å². The molecule has 0 saturated heterocycles. The van der Waals surface area contributed by atoms with Crippen LogP contribution in [0.25, 0.3) is 0 Å². The molecule has 1 aromatic carbocycles. The van der Waals surface area contributed by atoms with Gasteiger partial charge in [0, 0.05) is 24.8 Å². The number of rotatable bonds is 4. The summed E-state index contributed by atoms with van der Waals surface area (Å²) >= 11 is 0. The lowest BCUT2D eigenvalue weighted by Gasteiger charge is -2.27. The van der Waals surface area contributed by atoms with E-state index in [0.29, 0.717) is 13.1 Å². The summed E-state index contributed by atoms with van der Waals surface area (Å²) < 4.78 is 38.1. The van der Waals surface area contributed by atoms with E-state index in [4.69, 9.17) is 0 Å². The first-order valence-corrected chi connectivity index (χ1v) is 8.27. The number of benzene rings is 1. The van der Waals surface area contributed by atoms with Gasteiger partial charge < -0.3 is 9.90 Å². The van der Waals surface area contributed by atoms with Crippen molar-refractivity contribution < 1.29 is 23.1 Å². The van der Waals surface area contributed by atoms with Crippen molar-refractivity contribution in [2.45, 2.75) is 39.2 Å². The van der Waals surface area contributed by atoms with Gasteiger partial charge in [0.15, 0.2) is 0 Å². The van der Waals surface area contributed by atoms with Crippen molar-refractivity contribution >= 4 is 5.97 Å². The topological polar surface area (TPSA) is 56.3 Å². The van der Waals surface area contributed by atoms with Crippen molar-refractivity contribution in [3.05, 3.63) is 64.5 Å². The van der Waals surface area contributed by atoms with Gasteiger partial charge in [-0.1, -0.05) is 26.0 Å². The maximum atomic E-state index is 12.7. The molecule has 7 heteroatoms. The van der Waals surface area contributed by atoms with Gasteiger partial charge in [-0.15, -0.1) is 0 Å². The third kappa shape index (κ3) is 3.58. The molecule has 3 rings (SSSR count). The number of pyridine rings is 1. The minimum atomic E-state index is -4.35. The van der Waals surface area contributed by atoms with Crippen molar-refractivity contribution in [3.63, 3.8) is 0 Å². The molecule has 1 aromatic heterocycles. The monoisotopic (exact) mass is 363 g/mol. The first-order chi connectivity index (χ1) is 12.2. The van der Waals surface area contributed by atoms with Crippen LogP contribution >= 0.6 is 0 Å². The molecule has 1 aliphatic heterocycles. The number of hydrogen-bond acceptors (Lipinski definition) is 4. The molecule has 4 nitrogen and oxygen atoms in total. The van der Waals surface area contributed by atoms with E-state index in [9.17, 15) is 23.1 Å². The Morgan fingerprint density at radius 3 is 2.50 bits per heavy atom. The van der Waals surface area contributed by atoms with E-state index in [0.717, 1.165) is 29.0 Å². The van der Waals surface area contributed by atoms with Gasteiger partial charge in [0.2, 0.25) is 0 Å². The van der Waals surface area contributed by atoms with Crippen LogP contribution in [0, 0.1) is 5.92 Å². The molecule has 0 radical (unpaired) electrons. The van der Waals surface area contributed by atoms with E-state index in [1.165, 1.54) is 18.3 Å². The maximum Gasteiger partial charge on any atom is 0.416 e. The van der Waals surface area contributed by atoms with Crippen molar-refractivity contribution in [3.8, 4) is 0 Å². The number of carboxylic acids is 1. The highest BCUT2D eigenvalue weighted by molar-refractivity contribution is 5.85. The van der Waals surface area contributed by atoms with E-state index < -0.39 is 17.7 Å². The summed E-state index contributed by atoms with van der Waals surface area (Å²) in [6, 6.07) is 6.65. The Hall–Kier alpha value is -2.41. The summed E-state index contributed by atoms with van der Waals surface area (Å²) in [4.78, 5) is 17.5. The van der Waals surface area contributed by atoms with Crippen LogP contribution in [0.5, 0.6) is 0 Å². The SMILES string of the molecule is CC(C)[C@H]1c2ncc(C(=O)[O-])cc2CN1Cc1ccc(C(F)(F)F)cc1. The van der Waals surface area contributed by atoms with Gasteiger partial charge in [0.1, 0.15) is 0 Å². The molecular weight excluding hydrogens is 345 g/mol. The third-order valence-electron chi connectivity index (χ3n) is 4.58. The predicted octanol–water partition coefficient (Wildman–Crippen LogP) is 3.18. The van der Waals surface area contributed by atoms with Gasteiger partial charge >= 0.3 is 6.18 Å². The molecule has 0 unspecified atom stereocenters. The summed E-state index contributed by atoms with van der Waals surface area (Å²) in [6.07, 6.45) is -3.06. The minimum Gasteiger partial charge on any atom is -0.545 e. The highest BCUT2D eigenvalue weighted by Gasteiger charge is 2.34. The van der Waals surface area contributed by atoms with Crippen molar-refractivity contribution in [2.75, 3.05) is 0 Å². The van der Waals surface area contributed by atoms with Crippen LogP contribution in [-0.2, 0) is 19.3 Å². The zero-order chi connectivity index (χ0) is 19.1. The Morgan fingerprint density at radius 1 is 1.31 bits per heavy atom. The molecule has 1 aliphatic rings. The average Bonchev–Trinajstić information content (AvgIpc) is 2.91. The maximum absolute atomic E-state index is 12.7. The molecule has 138 valence electrons. The van der Waals surface area contributed by atoms with Crippen LogP contribution < -0.4 is 5.11 Å². The smallest absolute Gasteiger partial charge is 0.416 e. The number of carboxylic acid groups (broad SMARTS) is 1. The fourth-order valence-electron chi connectivity index (χ4n) is 3.44. The van der Waals surface area contributed by atoms with Crippen LogP contribution in [0.4, 0.5) is 13.2 Å². The molecule has 1 atom stereocenters. The van der Waals surface area contributed by atoms with E-state index in [1.807, 2.05) is 13.8 Å². The molecule has 26 heavy (non-hydrogen) atoms. The number of halogens is 3. The lowest BCUT2D eigenvalue weighted by molar-refractivity contribution is -0.255. The highest BCUT2D eigenvalue weighted by Crippen LogP contribution is 2.38. The molecule has 2 heterocycles. The van der Waals surface area contributed by atoms with E-state index in [2.05, 4.69) is 9.88 Å². The molecule has 2 aromatic rings. The van der Waals surface area contributed by atoms with E-state index in [-0.39, 0.29) is 17.5 Å². The fraction of sp³-hybridized carbons (Fsp3) is 0.368. The van der Waals surface area contributed by atoms with Crippen LogP contribution in [0.3, 0.4) is 0 Å². The van der Waals surface area contributed by atoms with Crippen molar-refractivity contribution in [2.24, 2.45) is 5.92 Å². The van der Waals surface area contributed by atoms with Gasteiger partial charge in [0.25, 0.3) is 0 Å². The van der Waals surface area contributed by atoms with Crippen LogP contribution in [0.1, 0.15) is 52.6 Å². The van der Waals surface area contributed by atoms with Crippen molar-refractivity contribution in [1.29, 1.82) is 0 Å². The van der Waals surface area contributed by atoms with Crippen LogP contribution in [0.2, 0.25) is 0 Å². The van der Waals surface area contributed by atoms with Crippen LogP contribution in [-0.4, -0.2) is 15.9 Å². The third-order valence-corrected chi connectivity index (χ3v) is 4.58. The molecule has 0 spiro atoms. The Morgan fingerprint density at radius 2 is 1.96 bits per heavy atom. The summed E-state index contributed by atoms with van der Waals surface area (Å²) in [7, 11) is 0. The van der Waals surface area contributed by atoms with Crippen LogP contribution in [0.15, 0.2) is 36.5 Å². The second-order valence-electron chi connectivity index (χ2n) is 6.84. The number of aromatic carboxylic acids is 1. The molecule has 0 aliphatic carbocycles. The minimum absolute atomic E-state index is 0.0249. The molecule has 0 bridgehead atoms. The number of fused-ring (bicyclic) bond motifs is 1. The van der Waals surface area contributed by atoms with Gasteiger partial charge in [0.05, 0.1) is 23.3 Å². The Bertz CT molecular complexity index is 817. The number of carbonyl (C=O) groups is 1. The largest absolute Gasteiger partial charge is 0.545 e. The summed E-state index contributed by atoms with van der Waals surface area (Å²) in [5.74, 6) is -1.06. The van der Waals surface area contributed by atoms with Gasteiger partial charge in [-0.3, -0.25) is 9.88 Å². The zero-order valence-electron chi connectivity index (χ0n) is 14.4. The second kappa shape index (κ2) is 6.72. The normalized spacial score (nSPS) is 17.5. The average molecular weight is 363 g/mol. The number of nitrogens with zero attached hydrogens (tertiary/aromatic N) is 2. The molecule has 0 amide bonds. The molecule has 0 N–H and O–H groups in total. The number of aromatic nitrogens is 1. The van der Waals surface area contributed by atoms with E-state index >= 15 is 0 Å². The number of alkyl halides is 3. The second-order valence-corrected chi connectivity index (χ2v) is 6.84. The molecule has 0 fully saturated rings. The fourth-order valence-corrected chi connectivity index (χ4v) is 3.44. The van der Waals surface area contributed by atoms with Crippen molar-refractivity contribution in [1.82, 2.24) is 9.88 Å². The highest BCUT2D eigenvalue weighted by atomic mass is 19.4. The first-order valence-electron chi connectivity index (χ1n) is 8.27. The van der Waals surface area contributed by atoms with Gasteiger partial charge in [-0.05, 0) is 35.2 Å². The zero-order valence-corrected chi connectivity index (χ0v) is 14.4. The lowest BCUT2D eigenvalue weighted by Crippen LogP contribution is -2.25. The predicted molar refractivity (Wildman–Crippen MR) is 86.8 cm³/mol. The van der Waals surface area contributed by atoms with E-state index in [1.54, 1.807) is 6.07 Å². The Balaban J connectivity index is 1.84. The molecular formula is C19H18F3N2O2-. The standard InChI is InChI=1S/C19H19F3N2O2/c1-11(2)17-16-14(7-13(8-23-16)18(25)26)10-24(17)9-12-3-5-15(6-4-12)19(20,21)22/h3-8,11,17H,9-10H2,1-2H3,(H,25,26)/p-1/t17-/m0/s1.